The Kier molecular flexibility index (Phi) is 7.00. The van der Waals surface area contributed by atoms with E-state index in [-0.39, 0.29) is 0 Å². The van der Waals surface area contributed by atoms with Gasteiger partial charge in [0.05, 0.1) is 11.0 Å². The zero-order valence-corrected chi connectivity index (χ0v) is 29.8. The molecule has 0 aliphatic carbocycles. The lowest BCUT2D eigenvalue weighted by Crippen LogP contribution is -2.01. The lowest BCUT2D eigenvalue weighted by atomic mass is 9.99. The van der Waals surface area contributed by atoms with E-state index >= 15 is 0 Å². The number of thiophene rings is 1. The van der Waals surface area contributed by atoms with Crippen molar-refractivity contribution in [3.8, 4) is 51.0 Å². The van der Waals surface area contributed by atoms with E-state index in [0.717, 1.165) is 33.5 Å². The highest BCUT2D eigenvalue weighted by Crippen LogP contribution is 2.41. The molecule has 11 aromatic rings. The monoisotopic (exact) mass is 706 g/mol. The quantitative estimate of drug-likeness (QED) is 0.179. The van der Waals surface area contributed by atoms with Gasteiger partial charge in [-0.2, -0.15) is 0 Å². The van der Waals surface area contributed by atoms with Gasteiger partial charge in [0, 0.05) is 53.3 Å². The number of aromatic nitrogens is 4. The molecule has 0 unspecified atom stereocenters. The molecule has 0 saturated heterocycles. The Morgan fingerprint density at radius 2 is 0.981 bits per heavy atom. The molecule has 4 nitrogen and oxygen atoms in total. The van der Waals surface area contributed by atoms with E-state index in [2.05, 4.69) is 180 Å². The van der Waals surface area contributed by atoms with E-state index < -0.39 is 0 Å². The van der Waals surface area contributed by atoms with Crippen molar-refractivity contribution >= 4 is 64.1 Å². The maximum absolute atomic E-state index is 5.24. The fourth-order valence-electron chi connectivity index (χ4n) is 7.91. The first-order chi connectivity index (χ1) is 26.8. The molecule has 0 fully saturated rings. The summed E-state index contributed by atoms with van der Waals surface area (Å²) in [5, 5.41) is 7.40. The highest BCUT2D eigenvalue weighted by atomic mass is 32.1. The van der Waals surface area contributed by atoms with Crippen molar-refractivity contribution in [2.45, 2.75) is 0 Å². The Morgan fingerprint density at radius 3 is 1.81 bits per heavy atom. The van der Waals surface area contributed by atoms with Crippen LogP contribution < -0.4 is 0 Å². The van der Waals surface area contributed by atoms with Gasteiger partial charge in [-0.25, -0.2) is 15.0 Å². The summed E-state index contributed by atoms with van der Waals surface area (Å²) in [5.41, 5.74) is 8.53. The van der Waals surface area contributed by atoms with Crippen molar-refractivity contribution in [2.75, 3.05) is 0 Å². The van der Waals surface area contributed by atoms with Gasteiger partial charge < -0.3 is 4.57 Å². The molecule has 252 valence electrons. The predicted molar refractivity (Wildman–Crippen MR) is 226 cm³/mol. The second-order valence-electron chi connectivity index (χ2n) is 13.6. The standard InChI is InChI=1S/C49H30N4S/c1-2-13-31(14-3-1)36-17-6-7-20-40(36)48-50-47(51-49(52-48)41-22-12-21-39-38-19-9-11-24-45(38)54-46(39)41)32-25-27-35(28-26-32)53-43-23-10-8-18-37(43)42-29-33-15-4-5-16-34(33)30-44(42)53/h1-30H. The molecule has 54 heavy (non-hydrogen) atoms. The van der Waals surface area contributed by atoms with Crippen molar-refractivity contribution in [2.24, 2.45) is 0 Å². The molecule has 8 aromatic carbocycles. The first-order valence-electron chi connectivity index (χ1n) is 18.1. The van der Waals surface area contributed by atoms with Crippen LogP contribution in [0.1, 0.15) is 0 Å². The molecule has 0 spiro atoms. The Hall–Kier alpha value is -6.95. The van der Waals surface area contributed by atoms with Crippen LogP contribution in [0.4, 0.5) is 0 Å². The van der Waals surface area contributed by atoms with Gasteiger partial charge in [0.2, 0.25) is 0 Å². The molecular formula is C49H30N4S. The molecule has 5 heteroatoms. The van der Waals surface area contributed by atoms with Crippen molar-refractivity contribution in [3.63, 3.8) is 0 Å². The molecule has 0 amide bonds. The fourth-order valence-corrected chi connectivity index (χ4v) is 9.12. The van der Waals surface area contributed by atoms with Crippen LogP contribution in [0.5, 0.6) is 0 Å². The van der Waals surface area contributed by atoms with Crippen LogP contribution in [-0.2, 0) is 0 Å². The summed E-state index contributed by atoms with van der Waals surface area (Å²) in [6, 6.07) is 64.4. The maximum atomic E-state index is 5.24. The van der Waals surface area contributed by atoms with E-state index in [0.29, 0.717) is 17.5 Å². The topological polar surface area (TPSA) is 43.6 Å². The zero-order chi connectivity index (χ0) is 35.6. The van der Waals surface area contributed by atoms with Crippen LogP contribution in [0.25, 0.3) is 104 Å². The van der Waals surface area contributed by atoms with E-state index in [1.54, 1.807) is 11.3 Å². The van der Waals surface area contributed by atoms with Gasteiger partial charge >= 0.3 is 0 Å². The lowest BCUT2D eigenvalue weighted by molar-refractivity contribution is 1.08. The van der Waals surface area contributed by atoms with Gasteiger partial charge in [0.1, 0.15) is 0 Å². The molecule has 3 heterocycles. The van der Waals surface area contributed by atoms with Crippen LogP contribution in [0.15, 0.2) is 182 Å². The summed E-state index contributed by atoms with van der Waals surface area (Å²) in [6.45, 7) is 0. The van der Waals surface area contributed by atoms with E-state index in [1.165, 1.54) is 52.8 Å². The summed E-state index contributed by atoms with van der Waals surface area (Å²) >= 11 is 1.79. The van der Waals surface area contributed by atoms with Gasteiger partial charge in [-0.1, -0.05) is 127 Å². The summed E-state index contributed by atoms with van der Waals surface area (Å²) in [5.74, 6) is 1.94. The Balaban J connectivity index is 1.11. The minimum Gasteiger partial charge on any atom is -0.309 e. The minimum absolute atomic E-state index is 0.635. The number of hydrogen-bond acceptors (Lipinski definition) is 4. The molecule has 3 aromatic heterocycles. The largest absolute Gasteiger partial charge is 0.309 e. The van der Waals surface area contributed by atoms with Gasteiger partial charge in [-0.05, 0) is 76.5 Å². The average Bonchev–Trinajstić information content (AvgIpc) is 3.78. The molecule has 0 bridgehead atoms. The van der Waals surface area contributed by atoms with Crippen LogP contribution in [-0.4, -0.2) is 19.5 Å². The number of fused-ring (bicyclic) bond motifs is 7. The Bertz CT molecular complexity index is 3210. The number of para-hydroxylation sites is 1. The van der Waals surface area contributed by atoms with Crippen LogP contribution >= 0.6 is 11.3 Å². The molecule has 0 aliphatic heterocycles. The normalized spacial score (nSPS) is 11.7. The highest BCUT2D eigenvalue weighted by molar-refractivity contribution is 7.26. The fraction of sp³-hybridized carbons (Fsp3) is 0. The third-order valence-electron chi connectivity index (χ3n) is 10.5. The van der Waals surface area contributed by atoms with E-state index in [9.17, 15) is 0 Å². The molecule has 0 N–H and O–H groups in total. The summed E-state index contributed by atoms with van der Waals surface area (Å²) in [7, 11) is 0. The molecular weight excluding hydrogens is 677 g/mol. The number of rotatable bonds is 5. The van der Waals surface area contributed by atoms with Gasteiger partial charge in [-0.15, -0.1) is 11.3 Å². The maximum Gasteiger partial charge on any atom is 0.165 e. The Labute approximate surface area is 315 Å². The number of nitrogens with zero attached hydrogens (tertiary/aromatic N) is 4. The number of hydrogen-bond donors (Lipinski definition) is 0. The second-order valence-corrected chi connectivity index (χ2v) is 14.7. The SMILES string of the molecule is c1ccc(-c2ccccc2-c2nc(-c3ccc(-n4c5ccccc5c5cc6ccccc6cc54)cc3)nc(-c3cccc4c3sc3ccccc34)n2)cc1. The lowest BCUT2D eigenvalue weighted by Gasteiger charge is -2.13. The summed E-state index contributed by atoms with van der Waals surface area (Å²) in [6.07, 6.45) is 0. The summed E-state index contributed by atoms with van der Waals surface area (Å²) in [4.78, 5) is 15.7. The molecule has 0 aliphatic rings. The van der Waals surface area contributed by atoms with Crippen LogP contribution in [0.2, 0.25) is 0 Å². The van der Waals surface area contributed by atoms with E-state index in [1.807, 2.05) is 6.07 Å². The van der Waals surface area contributed by atoms with Crippen LogP contribution in [0, 0.1) is 0 Å². The predicted octanol–water partition coefficient (Wildman–Crippen LogP) is 13.2. The Morgan fingerprint density at radius 1 is 0.370 bits per heavy atom. The molecule has 11 rings (SSSR count). The third-order valence-corrected chi connectivity index (χ3v) is 11.7. The highest BCUT2D eigenvalue weighted by Gasteiger charge is 2.19. The molecule has 0 radical (unpaired) electrons. The molecule has 0 saturated carbocycles. The van der Waals surface area contributed by atoms with E-state index in [4.69, 9.17) is 15.0 Å². The van der Waals surface area contributed by atoms with Crippen molar-refractivity contribution in [3.05, 3.63) is 182 Å². The minimum atomic E-state index is 0.635. The smallest absolute Gasteiger partial charge is 0.165 e. The van der Waals surface area contributed by atoms with Crippen molar-refractivity contribution in [1.82, 2.24) is 19.5 Å². The first kappa shape index (κ1) is 30.7. The first-order valence-corrected chi connectivity index (χ1v) is 18.9. The van der Waals surface area contributed by atoms with Gasteiger partial charge in [-0.3, -0.25) is 0 Å². The van der Waals surface area contributed by atoms with Crippen molar-refractivity contribution in [1.29, 1.82) is 0 Å². The van der Waals surface area contributed by atoms with Gasteiger partial charge in [0.15, 0.2) is 17.5 Å². The van der Waals surface area contributed by atoms with Crippen LogP contribution in [0.3, 0.4) is 0 Å². The van der Waals surface area contributed by atoms with Crippen molar-refractivity contribution < 1.29 is 0 Å². The second kappa shape index (κ2) is 12.3. The summed E-state index contributed by atoms with van der Waals surface area (Å²) < 4.78 is 4.79. The zero-order valence-electron chi connectivity index (χ0n) is 29.0. The molecule has 0 atom stereocenters. The number of benzene rings is 8. The average molecular weight is 707 g/mol. The third kappa shape index (κ3) is 4.94. The van der Waals surface area contributed by atoms with Gasteiger partial charge in [0.25, 0.3) is 0 Å².